The first-order valence-electron chi connectivity index (χ1n) is 6.01. The monoisotopic (exact) mass is 224 g/mol. The number of benzene rings is 2. The molecule has 0 saturated carbocycles. The van der Waals surface area contributed by atoms with Gasteiger partial charge in [-0.3, -0.25) is 0 Å². The highest BCUT2D eigenvalue weighted by atomic mass is 15.0. The van der Waals surface area contributed by atoms with Crippen LogP contribution in [0.2, 0.25) is 0 Å². The lowest BCUT2D eigenvalue weighted by molar-refractivity contribution is 0.867. The second kappa shape index (κ2) is 3.81. The molecule has 0 amide bonds. The van der Waals surface area contributed by atoms with Crippen molar-refractivity contribution < 1.29 is 0 Å². The number of anilines is 4. The highest BCUT2D eigenvalue weighted by molar-refractivity contribution is 5.90. The highest BCUT2D eigenvalue weighted by Crippen LogP contribution is 2.39. The molecule has 1 heterocycles. The van der Waals surface area contributed by atoms with Crippen LogP contribution < -0.4 is 10.6 Å². The maximum Gasteiger partial charge on any atom is 0.0626 e. The lowest BCUT2D eigenvalue weighted by atomic mass is 10.0. The largest absolute Gasteiger partial charge is 0.352 e. The van der Waals surface area contributed by atoms with Gasteiger partial charge in [-0.2, -0.15) is 0 Å². The minimum Gasteiger partial charge on any atom is -0.352 e. The summed E-state index contributed by atoms with van der Waals surface area (Å²) in [6.45, 7) is 4.43. The first-order chi connectivity index (χ1) is 8.24. The Balaban J connectivity index is 2.03. The van der Waals surface area contributed by atoms with Crippen LogP contribution in [0.25, 0.3) is 0 Å². The van der Waals surface area contributed by atoms with Crippen LogP contribution in [0.15, 0.2) is 42.5 Å². The van der Waals surface area contributed by atoms with Crippen molar-refractivity contribution in [1.82, 2.24) is 0 Å². The molecule has 17 heavy (non-hydrogen) atoms. The summed E-state index contributed by atoms with van der Waals surface area (Å²) in [5.41, 5.74) is 5.94. The molecule has 0 spiro atoms. The first kappa shape index (κ1) is 10.2. The van der Waals surface area contributed by atoms with Gasteiger partial charge in [0.1, 0.15) is 0 Å². The number of nitrogens with one attached hydrogen (secondary N) is 2. The minimum absolute atomic E-state index is 0.555. The lowest BCUT2D eigenvalue weighted by Crippen LogP contribution is -2.06. The molecule has 0 radical (unpaired) electrons. The maximum absolute atomic E-state index is 3.47. The van der Waals surface area contributed by atoms with Crippen molar-refractivity contribution in [2.45, 2.75) is 19.8 Å². The standard InChI is InChI=1S/C15H16N2/c1-10(2)11-7-8-14-15(9-11)17-13-6-4-3-5-12(13)16-14/h3-10,16-17H,1-2H3. The Labute approximate surface area is 102 Å². The summed E-state index contributed by atoms with van der Waals surface area (Å²) in [4.78, 5) is 0. The third-order valence-corrected chi connectivity index (χ3v) is 3.18. The molecule has 2 aromatic carbocycles. The molecule has 2 nitrogen and oxygen atoms in total. The Morgan fingerprint density at radius 3 is 2.00 bits per heavy atom. The molecule has 3 rings (SSSR count). The number of hydrogen-bond acceptors (Lipinski definition) is 2. The third kappa shape index (κ3) is 1.76. The highest BCUT2D eigenvalue weighted by Gasteiger charge is 2.14. The van der Waals surface area contributed by atoms with Crippen LogP contribution in [0.3, 0.4) is 0 Å². The van der Waals surface area contributed by atoms with E-state index in [2.05, 4.69) is 54.8 Å². The van der Waals surface area contributed by atoms with Gasteiger partial charge in [0, 0.05) is 0 Å². The molecule has 0 unspecified atom stereocenters. The summed E-state index contributed by atoms with van der Waals surface area (Å²) in [7, 11) is 0. The van der Waals surface area contributed by atoms with Gasteiger partial charge in [0.05, 0.1) is 22.7 Å². The summed E-state index contributed by atoms with van der Waals surface area (Å²) in [5, 5.41) is 6.92. The van der Waals surface area contributed by atoms with Crippen molar-refractivity contribution in [2.24, 2.45) is 0 Å². The quantitative estimate of drug-likeness (QED) is 0.630. The SMILES string of the molecule is CC(C)c1ccc2c(c1)Nc1ccccc1N2. The van der Waals surface area contributed by atoms with Crippen molar-refractivity contribution in [3.05, 3.63) is 48.0 Å². The van der Waals surface area contributed by atoms with Crippen LogP contribution in [0.5, 0.6) is 0 Å². The predicted molar refractivity (Wildman–Crippen MR) is 73.5 cm³/mol. The van der Waals surface area contributed by atoms with E-state index < -0.39 is 0 Å². The fraction of sp³-hybridized carbons (Fsp3) is 0.200. The molecule has 1 aliphatic heterocycles. The van der Waals surface area contributed by atoms with Crippen LogP contribution in [0.1, 0.15) is 25.3 Å². The van der Waals surface area contributed by atoms with E-state index in [0.29, 0.717) is 5.92 Å². The molecule has 2 N–H and O–H groups in total. The third-order valence-electron chi connectivity index (χ3n) is 3.18. The molecule has 0 atom stereocenters. The van der Waals surface area contributed by atoms with Gasteiger partial charge in [-0.1, -0.05) is 32.0 Å². The zero-order valence-electron chi connectivity index (χ0n) is 10.1. The number of rotatable bonds is 1. The Bertz CT molecular complexity index is 559. The number of para-hydroxylation sites is 2. The fourth-order valence-corrected chi connectivity index (χ4v) is 2.12. The molecule has 1 aliphatic rings. The van der Waals surface area contributed by atoms with Gasteiger partial charge in [-0.05, 0) is 35.7 Å². The number of fused-ring (bicyclic) bond motifs is 2. The zero-order chi connectivity index (χ0) is 11.8. The average Bonchev–Trinajstić information content (AvgIpc) is 2.35. The van der Waals surface area contributed by atoms with E-state index >= 15 is 0 Å². The molecular weight excluding hydrogens is 208 g/mol. The second-order valence-corrected chi connectivity index (χ2v) is 4.76. The fourth-order valence-electron chi connectivity index (χ4n) is 2.12. The van der Waals surface area contributed by atoms with E-state index in [1.165, 1.54) is 5.56 Å². The Morgan fingerprint density at radius 1 is 0.765 bits per heavy atom. The first-order valence-corrected chi connectivity index (χ1v) is 6.01. The summed E-state index contributed by atoms with van der Waals surface area (Å²) in [5.74, 6) is 0.555. The smallest absolute Gasteiger partial charge is 0.0626 e. The maximum atomic E-state index is 3.47. The minimum atomic E-state index is 0.555. The number of hydrogen-bond donors (Lipinski definition) is 2. The Hall–Kier alpha value is -1.96. The van der Waals surface area contributed by atoms with Crippen molar-refractivity contribution in [2.75, 3.05) is 10.6 Å². The van der Waals surface area contributed by atoms with E-state index in [1.807, 2.05) is 12.1 Å². The van der Waals surface area contributed by atoms with Gasteiger partial charge < -0.3 is 10.6 Å². The molecule has 0 fully saturated rings. The van der Waals surface area contributed by atoms with E-state index in [1.54, 1.807) is 0 Å². The molecule has 0 aromatic heterocycles. The van der Waals surface area contributed by atoms with Gasteiger partial charge in [0.15, 0.2) is 0 Å². The van der Waals surface area contributed by atoms with Gasteiger partial charge in [-0.25, -0.2) is 0 Å². The van der Waals surface area contributed by atoms with Crippen molar-refractivity contribution >= 4 is 22.7 Å². The van der Waals surface area contributed by atoms with Crippen LogP contribution in [-0.4, -0.2) is 0 Å². The Morgan fingerprint density at radius 2 is 1.35 bits per heavy atom. The van der Waals surface area contributed by atoms with E-state index in [-0.39, 0.29) is 0 Å². The van der Waals surface area contributed by atoms with Crippen LogP contribution in [0, 0.1) is 0 Å². The summed E-state index contributed by atoms with van der Waals surface area (Å²) in [6, 6.07) is 14.8. The predicted octanol–water partition coefficient (Wildman–Crippen LogP) is 4.61. The van der Waals surface area contributed by atoms with Gasteiger partial charge >= 0.3 is 0 Å². The van der Waals surface area contributed by atoms with E-state index in [4.69, 9.17) is 0 Å². The lowest BCUT2D eigenvalue weighted by Gasteiger charge is -2.24. The van der Waals surface area contributed by atoms with Gasteiger partial charge in [-0.15, -0.1) is 0 Å². The Kier molecular flexibility index (Phi) is 2.29. The molecule has 2 aromatic rings. The topological polar surface area (TPSA) is 24.1 Å². The summed E-state index contributed by atoms with van der Waals surface area (Å²) in [6.07, 6.45) is 0. The molecule has 86 valence electrons. The van der Waals surface area contributed by atoms with Crippen LogP contribution in [0.4, 0.5) is 22.7 Å². The molecular formula is C15H16N2. The van der Waals surface area contributed by atoms with Crippen molar-refractivity contribution in [3.63, 3.8) is 0 Å². The zero-order valence-corrected chi connectivity index (χ0v) is 10.1. The van der Waals surface area contributed by atoms with E-state index in [0.717, 1.165) is 22.7 Å². The second-order valence-electron chi connectivity index (χ2n) is 4.76. The summed E-state index contributed by atoms with van der Waals surface area (Å²) >= 11 is 0. The van der Waals surface area contributed by atoms with Crippen molar-refractivity contribution in [1.29, 1.82) is 0 Å². The molecule has 2 heteroatoms. The van der Waals surface area contributed by atoms with Crippen LogP contribution in [-0.2, 0) is 0 Å². The van der Waals surface area contributed by atoms with Gasteiger partial charge in [0.2, 0.25) is 0 Å². The molecule has 0 aliphatic carbocycles. The molecule has 0 saturated heterocycles. The molecule has 0 bridgehead atoms. The van der Waals surface area contributed by atoms with Crippen molar-refractivity contribution in [3.8, 4) is 0 Å². The van der Waals surface area contributed by atoms with E-state index in [9.17, 15) is 0 Å². The normalized spacial score (nSPS) is 12.4. The summed E-state index contributed by atoms with van der Waals surface area (Å²) < 4.78 is 0. The average molecular weight is 224 g/mol. The van der Waals surface area contributed by atoms with Crippen LogP contribution >= 0.6 is 0 Å². The van der Waals surface area contributed by atoms with Gasteiger partial charge in [0.25, 0.3) is 0 Å².